The second kappa shape index (κ2) is 9.19. The summed E-state index contributed by atoms with van der Waals surface area (Å²) in [5.41, 5.74) is 0.965. The zero-order valence-electron chi connectivity index (χ0n) is 17.4. The highest BCUT2D eigenvalue weighted by Crippen LogP contribution is 2.37. The quantitative estimate of drug-likeness (QED) is 0.491. The number of nitrogens with zero attached hydrogens (tertiary/aromatic N) is 1. The molecule has 1 aromatic carbocycles. The van der Waals surface area contributed by atoms with Gasteiger partial charge in [0.2, 0.25) is 0 Å². The monoisotopic (exact) mass is 395 g/mol. The van der Waals surface area contributed by atoms with Gasteiger partial charge < -0.3 is 18.6 Å². The van der Waals surface area contributed by atoms with Crippen LogP contribution in [-0.4, -0.2) is 58.5 Å². The van der Waals surface area contributed by atoms with Crippen LogP contribution in [0, 0.1) is 0 Å². The van der Waals surface area contributed by atoms with Crippen molar-refractivity contribution >= 4 is 14.4 Å². The summed E-state index contributed by atoms with van der Waals surface area (Å²) >= 11 is 0. The molecular formula is C20H33NO5Si. The van der Waals surface area contributed by atoms with E-state index < -0.39 is 8.32 Å². The second-order valence-electron chi connectivity index (χ2n) is 8.44. The molecule has 0 unspecified atom stereocenters. The predicted octanol–water partition coefficient (Wildman–Crippen LogP) is 4.02. The first-order chi connectivity index (χ1) is 12.7. The Morgan fingerprint density at radius 1 is 1.22 bits per heavy atom. The summed E-state index contributed by atoms with van der Waals surface area (Å²) in [5, 5.41) is 0.109. The maximum atomic E-state index is 12.5. The maximum Gasteiger partial charge on any atom is 0.410 e. The lowest BCUT2D eigenvalue weighted by atomic mass is 10.0. The Labute approximate surface area is 163 Å². The van der Waals surface area contributed by atoms with Crippen molar-refractivity contribution in [1.82, 2.24) is 4.90 Å². The molecule has 2 rings (SSSR count). The first-order valence-electron chi connectivity index (χ1n) is 9.37. The van der Waals surface area contributed by atoms with Crippen LogP contribution >= 0.6 is 0 Å². The van der Waals surface area contributed by atoms with Crippen LogP contribution in [0.2, 0.25) is 18.1 Å². The summed E-state index contributed by atoms with van der Waals surface area (Å²) in [4.78, 5) is 14.2. The Bertz CT molecular complexity index is 602. The van der Waals surface area contributed by atoms with Gasteiger partial charge in [-0.05, 0) is 23.7 Å². The van der Waals surface area contributed by atoms with Crippen molar-refractivity contribution in [3.63, 3.8) is 0 Å². The molecule has 0 spiro atoms. The molecule has 0 bridgehead atoms. The molecule has 0 aliphatic carbocycles. The van der Waals surface area contributed by atoms with E-state index in [1.54, 1.807) is 12.0 Å². The van der Waals surface area contributed by atoms with E-state index in [2.05, 4.69) is 33.9 Å². The fourth-order valence-corrected chi connectivity index (χ4v) is 3.57. The van der Waals surface area contributed by atoms with E-state index in [9.17, 15) is 4.79 Å². The average Bonchev–Trinajstić information content (AvgIpc) is 2.59. The van der Waals surface area contributed by atoms with Crippen LogP contribution in [0.3, 0.4) is 0 Å². The van der Waals surface area contributed by atoms with Crippen molar-refractivity contribution in [3.05, 3.63) is 35.9 Å². The van der Waals surface area contributed by atoms with Crippen LogP contribution < -0.4 is 0 Å². The van der Waals surface area contributed by atoms with E-state index in [0.29, 0.717) is 13.2 Å². The summed E-state index contributed by atoms with van der Waals surface area (Å²) in [6.45, 7) is 12.4. The van der Waals surface area contributed by atoms with Gasteiger partial charge in [0.05, 0.1) is 19.2 Å². The van der Waals surface area contributed by atoms with Crippen LogP contribution in [0.5, 0.6) is 0 Å². The van der Waals surface area contributed by atoms with Gasteiger partial charge in [-0.15, -0.1) is 0 Å². The van der Waals surface area contributed by atoms with Gasteiger partial charge in [-0.25, -0.2) is 4.79 Å². The van der Waals surface area contributed by atoms with Gasteiger partial charge in [0.25, 0.3) is 0 Å². The summed E-state index contributed by atoms with van der Waals surface area (Å²) in [7, 11) is -0.323. The topological polar surface area (TPSA) is 57.2 Å². The highest BCUT2D eigenvalue weighted by Gasteiger charge is 2.46. The molecule has 7 heteroatoms. The molecule has 0 saturated carbocycles. The minimum atomic E-state index is -1.91. The molecule has 1 aromatic rings. The average molecular weight is 396 g/mol. The van der Waals surface area contributed by atoms with Crippen molar-refractivity contribution in [2.45, 2.75) is 57.7 Å². The van der Waals surface area contributed by atoms with Gasteiger partial charge in [-0.3, -0.25) is 4.90 Å². The third-order valence-electron chi connectivity index (χ3n) is 5.47. The number of amides is 1. The standard InChI is InChI=1S/C20H33NO5Si/c1-20(2,3)27(5,6)26-14-17-18(25-15-23-4)12-21(17)19(22)24-13-16-10-8-7-9-11-16/h7-11,17-18H,12-15H2,1-6H3/t17-,18+/m0/s1. The number of carbonyl (C=O) groups is 1. The largest absolute Gasteiger partial charge is 0.445 e. The third kappa shape index (κ3) is 5.78. The highest BCUT2D eigenvalue weighted by molar-refractivity contribution is 6.74. The minimum absolute atomic E-state index is 0.0982. The van der Waals surface area contributed by atoms with E-state index in [4.69, 9.17) is 18.6 Å². The summed E-state index contributed by atoms with van der Waals surface area (Å²) in [6, 6.07) is 9.51. The zero-order chi connectivity index (χ0) is 20.1. The van der Waals surface area contributed by atoms with Gasteiger partial charge in [0.1, 0.15) is 19.5 Å². The van der Waals surface area contributed by atoms with Crippen molar-refractivity contribution < 1.29 is 23.4 Å². The number of carbonyl (C=O) groups excluding carboxylic acids is 1. The van der Waals surface area contributed by atoms with Crippen molar-refractivity contribution in [2.75, 3.05) is 27.1 Å². The van der Waals surface area contributed by atoms with Crippen molar-refractivity contribution in [2.24, 2.45) is 0 Å². The van der Waals surface area contributed by atoms with E-state index in [1.165, 1.54) is 0 Å². The molecule has 1 amide bonds. The van der Waals surface area contributed by atoms with Gasteiger partial charge in [-0.2, -0.15) is 0 Å². The Kier molecular flexibility index (Phi) is 7.45. The number of methoxy groups -OCH3 is 1. The molecule has 2 atom stereocenters. The molecule has 1 saturated heterocycles. The molecule has 27 heavy (non-hydrogen) atoms. The SMILES string of the molecule is COCO[C@@H]1CN(C(=O)OCc2ccccc2)[C@H]1CO[Si](C)(C)C(C)(C)C. The summed E-state index contributed by atoms with van der Waals surface area (Å²) in [5.74, 6) is 0. The second-order valence-corrected chi connectivity index (χ2v) is 13.3. The Morgan fingerprint density at radius 2 is 1.89 bits per heavy atom. The normalized spacial score (nSPS) is 20.3. The zero-order valence-corrected chi connectivity index (χ0v) is 18.4. The van der Waals surface area contributed by atoms with Crippen LogP contribution in [0.15, 0.2) is 30.3 Å². The smallest absolute Gasteiger partial charge is 0.410 e. The molecule has 1 aliphatic rings. The minimum Gasteiger partial charge on any atom is -0.445 e. The highest BCUT2D eigenvalue weighted by atomic mass is 28.4. The molecule has 1 aliphatic heterocycles. The van der Waals surface area contributed by atoms with Gasteiger partial charge in [0.15, 0.2) is 8.32 Å². The number of rotatable bonds is 8. The first kappa shape index (κ1) is 21.9. The fraction of sp³-hybridized carbons (Fsp3) is 0.650. The number of benzene rings is 1. The Morgan fingerprint density at radius 3 is 2.48 bits per heavy atom. The van der Waals surface area contributed by atoms with Gasteiger partial charge in [0, 0.05) is 7.11 Å². The molecule has 6 nitrogen and oxygen atoms in total. The van der Waals surface area contributed by atoms with Crippen LogP contribution in [0.25, 0.3) is 0 Å². The molecule has 152 valence electrons. The molecule has 0 radical (unpaired) electrons. The number of ether oxygens (including phenoxy) is 3. The van der Waals surface area contributed by atoms with Crippen LogP contribution in [-0.2, 0) is 25.2 Å². The molecule has 0 aromatic heterocycles. The van der Waals surface area contributed by atoms with E-state index >= 15 is 0 Å². The van der Waals surface area contributed by atoms with E-state index in [1.807, 2.05) is 30.3 Å². The molecule has 1 heterocycles. The maximum absolute atomic E-state index is 12.5. The fourth-order valence-electron chi connectivity index (χ4n) is 2.55. The van der Waals surface area contributed by atoms with Crippen molar-refractivity contribution in [3.8, 4) is 0 Å². The van der Waals surface area contributed by atoms with Crippen LogP contribution in [0.1, 0.15) is 26.3 Å². The molecular weight excluding hydrogens is 362 g/mol. The summed E-state index contributed by atoms with van der Waals surface area (Å²) in [6.07, 6.45) is -0.432. The Hall–Kier alpha value is -1.41. The van der Waals surface area contributed by atoms with Gasteiger partial charge in [-0.1, -0.05) is 51.1 Å². The number of likely N-dealkylation sites (tertiary alicyclic amines) is 1. The first-order valence-corrected chi connectivity index (χ1v) is 12.3. The van der Waals surface area contributed by atoms with E-state index in [0.717, 1.165) is 5.56 Å². The lowest BCUT2D eigenvalue weighted by Crippen LogP contribution is -2.66. The number of hydrogen-bond donors (Lipinski definition) is 0. The summed E-state index contributed by atoms with van der Waals surface area (Å²) < 4.78 is 22.5. The lowest BCUT2D eigenvalue weighted by molar-refractivity contribution is -0.154. The lowest BCUT2D eigenvalue weighted by Gasteiger charge is -2.48. The Balaban J connectivity index is 1.94. The van der Waals surface area contributed by atoms with Crippen LogP contribution in [0.4, 0.5) is 4.79 Å². The molecule has 0 N–H and O–H groups in total. The van der Waals surface area contributed by atoms with Crippen molar-refractivity contribution in [1.29, 1.82) is 0 Å². The third-order valence-corrected chi connectivity index (χ3v) is 9.97. The predicted molar refractivity (Wildman–Crippen MR) is 107 cm³/mol. The number of hydrogen-bond acceptors (Lipinski definition) is 5. The van der Waals surface area contributed by atoms with Gasteiger partial charge >= 0.3 is 6.09 Å². The molecule has 1 fully saturated rings. The van der Waals surface area contributed by atoms with E-state index in [-0.39, 0.29) is 36.7 Å².